The molecule has 6 nitrogen and oxygen atoms in total. The van der Waals surface area contributed by atoms with Gasteiger partial charge in [0.2, 0.25) is 5.91 Å². The topological polar surface area (TPSA) is 65.3 Å². The van der Waals surface area contributed by atoms with E-state index in [1.54, 1.807) is 13.3 Å². The number of pyridine rings is 1. The minimum Gasteiger partial charge on any atom is -0.497 e. The molecule has 0 radical (unpaired) electrons. The SMILES string of the molecule is COc1ccc(CNC(=O)Cn2ccc3ccn(Cc4ccccc4C)c3c2=O)cc1. The summed E-state index contributed by atoms with van der Waals surface area (Å²) in [7, 11) is 1.61. The molecule has 4 aromatic rings. The van der Waals surface area contributed by atoms with Gasteiger partial charge >= 0.3 is 0 Å². The largest absolute Gasteiger partial charge is 0.497 e. The molecule has 0 aliphatic rings. The highest BCUT2D eigenvalue weighted by Crippen LogP contribution is 2.16. The van der Waals surface area contributed by atoms with Crippen molar-refractivity contribution in [2.24, 2.45) is 0 Å². The first-order chi connectivity index (χ1) is 15.0. The highest BCUT2D eigenvalue weighted by molar-refractivity contribution is 5.80. The Morgan fingerprint density at radius 3 is 2.39 bits per heavy atom. The van der Waals surface area contributed by atoms with Gasteiger partial charge in [0.25, 0.3) is 5.56 Å². The van der Waals surface area contributed by atoms with Gasteiger partial charge in [-0.2, -0.15) is 0 Å². The third kappa shape index (κ3) is 4.53. The average molecular weight is 415 g/mol. The molecular formula is C25H25N3O3. The smallest absolute Gasteiger partial charge is 0.275 e. The van der Waals surface area contributed by atoms with E-state index in [2.05, 4.69) is 24.4 Å². The van der Waals surface area contributed by atoms with E-state index in [9.17, 15) is 9.59 Å². The van der Waals surface area contributed by atoms with Crippen molar-refractivity contribution in [2.45, 2.75) is 26.6 Å². The van der Waals surface area contributed by atoms with Crippen molar-refractivity contribution >= 4 is 16.8 Å². The lowest BCUT2D eigenvalue weighted by Gasteiger charge is -2.11. The van der Waals surface area contributed by atoms with Crippen molar-refractivity contribution in [3.05, 3.63) is 100 Å². The van der Waals surface area contributed by atoms with Crippen LogP contribution in [0.3, 0.4) is 0 Å². The van der Waals surface area contributed by atoms with Gasteiger partial charge in [-0.3, -0.25) is 9.59 Å². The molecule has 0 saturated heterocycles. The Bertz CT molecular complexity index is 1270. The van der Waals surface area contributed by atoms with E-state index in [0.717, 1.165) is 22.3 Å². The fourth-order valence-corrected chi connectivity index (χ4v) is 3.63. The second kappa shape index (κ2) is 8.92. The molecule has 0 aliphatic carbocycles. The first-order valence-electron chi connectivity index (χ1n) is 10.2. The van der Waals surface area contributed by atoms with Crippen LogP contribution in [0.5, 0.6) is 5.75 Å². The van der Waals surface area contributed by atoms with E-state index in [1.165, 1.54) is 10.1 Å². The maximum absolute atomic E-state index is 13.1. The van der Waals surface area contributed by atoms with Crippen LogP contribution in [0.25, 0.3) is 10.9 Å². The number of rotatable bonds is 7. The quantitative estimate of drug-likeness (QED) is 0.503. The Labute approximate surface area is 180 Å². The Kier molecular flexibility index (Phi) is 5.89. The molecule has 1 amide bonds. The van der Waals surface area contributed by atoms with Crippen LogP contribution in [-0.4, -0.2) is 22.2 Å². The molecule has 1 N–H and O–H groups in total. The van der Waals surface area contributed by atoms with Crippen molar-refractivity contribution in [3.8, 4) is 5.75 Å². The molecule has 2 aromatic heterocycles. The Balaban J connectivity index is 1.50. The Hall–Kier alpha value is -3.80. The summed E-state index contributed by atoms with van der Waals surface area (Å²) in [6.45, 7) is 3.04. The van der Waals surface area contributed by atoms with Crippen LogP contribution in [0.1, 0.15) is 16.7 Å². The second-order valence-corrected chi connectivity index (χ2v) is 7.55. The fourth-order valence-electron chi connectivity index (χ4n) is 3.63. The number of carbonyl (C=O) groups is 1. The zero-order valence-corrected chi connectivity index (χ0v) is 17.7. The van der Waals surface area contributed by atoms with Crippen LogP contribution in [0.2, 0.25) is 0 Å². The molecule has 0 saturated carbocycles. The number of hydrogen-bond acceptors (Lipinski definition) is 3. The molecule has 0 spiro atoms. The third-order valence-electron chi connectivity index (χ3n) is 5.46. The molecule has 0 bridgehead atoms. The van der Waals surface area contributed by atoms with Crippen molar-refractivity contribution < 1.29 is 9.53 Å². The van der Waals surface area contributed by atoms with Crippen molar-refractivity contribution in [3.63, 3.8) is 0 Å². The molecule has 0 aliphatic heterocycles. The number of hydrogen-bond donors (Lipinski definition) is 1. The zero-order chi connectivity index (χ0) is 21.8. The normalized spacial score (nSPS) is 10.9. The van der Waals surface area contributed by atoms with Gasteiger partial charge in [0.15, 0.2) is 0 Å². The lowest BCUT2D eigenvalue weighted by atomic mass is 10.1. The van der Waals surface area contributed by atoms with Gasteiger partial charge in [0, 0.05) is 30.9 Å². The summed E-state index contributed by atoms with van der Waals surface area (Å²) in [6, 6.07) is 19.4. The molecule has 4 rings (SSSR count). The van der Waals surface area contributed by atoms with Crippen LogP contribution >= 0.6 is 0 Å². The number of carbonyl (C=O) groups excluding carboxylic acids is 1. The number of aryl methyl sites for hydroxylation is 1. The summed E-state index contributed by atoms with van der Waals surface area (Å²) < 4.78 is 8.55. The number of nitrogens with one attached hydrogen (secondary N) is 1. The molecule has 158 valence electrons. The minimum atomic E-state index is -0.214. The van der Waals surface area contributed by atoms with Crippen LogP contribution in [-0.2, 0) is 24.4 Å². The summed E-state index contributed by atoms with van der Waals surface area (Å²) in [6.07, 6.45) is 3.60. The summed E-state index contributed by atoms with van der Waals surface area (Å²) >= 11 is 0. The summed E-state index contributed by atoms with van der Waals surface area (Å²) in [5, 5.41) is 3.74. The molecule has 2 heterocycles. The molecular weight excluding hydrogens is 390 g/mol. The van der Waals surface area contributed by atoms with E-state index >= 15 is 0 Å². The van der Waals surface area contributed by atoms with Gasteiger partial charge in [-0.25, -0.2) is 0 Å². The maximum Gasteiger partial charge on any atom is 0.275 e. The van der Waals surface area contributed by atoms with E-state index < -0.39 is 0 Å². The van der Waals surface area contributed by atoms with Gasteiger partial charge in [-0.05, 0) is 47.9 Å². The van der Waals surface area contributed by atoms with Gasteiger partial charge in [0.1, 0.15) is 17.8 Å². The number of ether oxygens (including phenoxy) is 1. The molecule has 31 heavy (non-hydrogen) atoms. The van der Waals surface area contributed by atoms with Crippen LogP contribution in [0.4, 0.5) is 0 Å². The van der Waals surface area contributed by atoms with Gasteiger partial charge < -0.3 is 19.2 Å². The van der Waals surface area contributed by atoms with Gasteiger partial charge in [-0.15, -0.1) is 0 Å². The molecule has 0 atom stereocenters. The second-order valence-electron chi connectivity index (χ2n) is 7.55. The average Bonchev–Trinajstić information content (AvgIpc) is 3.19. The number of benzene rings is 2. The van der Waals surface area contributed by atoms with Crippen molar-refractivity contribution in [1.82, 2.24) is 14.5 Å². The number of aromatic nitrogens is 2. The summed E-state index contributed by atoms with van der Waals surface area (Å²) in [4.78, 5) is 25.6. The third-order valence-corrected chi connectivity index (χ3v) is 5.46. The van der Waals surface area contributed by atoms with Crippen molar-refractivity contribution in [1.29, 1.82) is 0 Å². The van der Waals surface area contributed by atoms with E-state index in [4.69, 9.17) is 4.74 Å². The van der Waals surface area contributed by atoms with Crippen LogP contribution < -0.4 is 15.6 Å². The number of fused-ring (bicyclic) bond motifs is 1. The first-order valence-corrected chi connectivity index (χ1v) is 10.2. The maximum atomic E-state index is 13.1. The zero-order valence-electron chi connectivity index (χ0n) is 17.7. The Morgan fingerprint density at radius 2 is 1.68 bits per heavy atom. The number of nitrogens with zero attached hydrogens (tertiary/aromatic N) is 2. The first kappa shape index (κ1) is 20.5. The summed E-state index contributed by atoms with van der Waals surface area (Å²) in [5.74, 6) is 0.554. The molecule has 0 fully saturated rings. The Morgan fingerprint density at radius 1 is 0.968 bits per heavy atom. The number of methoxy groups -OCH3 is 1. The molecule has 0 unspecified atom stereocenters. The summed E-state index contributed by atoms with van der Waals surface area (Å²) in [5.41, 5.74) is 3.74. The molecule has 2 aromatic carbocycles. The predicted octanol–water partition coefficient (Wildman–Crippen LogP) is 3.48. The van der Waals surface area contributed by atoms with Crippen LogP contribution in [0, 0.1) is 6.92 Å². The van der Waals surface area contributed by atoms with E-state index in [0.29, 0.717) is 18.6 Å². The highest BCUT2D eigenvalue weighted by atomic mass is 16.5. The van der Waals surface area contributed by atoms with Crippen molar-refractivity contribution in [2.75, 3.05) is 7.11 Å². The fraction of sp³-hybridized carbons (Fsp3) is 0.200. The lowest BCUT2D eigenvalue weighted by Crippen LogP contribution is -2.32. The monoisotopic (exact) mass is 415 g/mol. The standard InChI is InChI=1S/C25H25N3O3/c1-18-5-3-4-6-21(18)16-27-13-11-20-12-14-28(25(30)24(20)27)17-23(29)26-15-19-7-9-22(31-2)10-8-19/h3-14H,15-17H2,1-2H3,(H,26,29). The predicted molar refractivity (Wildman–Crippen MR) is 121 cm³/mol. The van der Waals surface area contributed by atoms with E-state index in [1.807, 2.05) is 59.3 Å². The highest BCUT2D eigenvalue weighted by Gasteiger charge is 2.12. The van der Waals surface area contributed by atoms with Gasteiger partial charge in [-0.1, -0.05) is 36.4 Å². The minimum absolute atomic E-state index is 0.0273. The lowest BCUT2D eigenvalue weighted by molar-refractivity contribution is -0.121. The number of amides is 1. The van der Waals surface area contributed by atoms with E-state index in [-0.39, 0.29) is 18.0 Å². The molecule has 6 heteroatoms. The van der Waals surface area contributed by atoms with Crippen LogP contribution in [0.15, 0.2) is 77.9 Å². The van der Waals surface area contributed by atoms with Gasteiger partial charge in [0.05, 0.1) is 7.11 Å².